The van der Waals surface area contributed by atoms with Gasteiger partial charge in [0.05, 0.1) is 23.5 Å². The Bertz CT molecular complexity index is 1470. The standard InChI is InChI=1S/C30H34N6O5/c1-3-29(4-2)17-35(15-19-5-7-20(8-6-19)26-31-18-41-34-26)14-13-30(29,40)24-11-9-21-22(32-24)16-36(28(21)39)23-10-12-25(37)33-27(23)38/h5-9,11,18,23,40H,3-4,10,12-17H2,1-2H3,(H,33,37,38)/t23?,30-/m1/s1. The van der Waals surface area contributed by atoms with E-state index in [1.165, 1.54) is 11.3 Å². The Labute approximate surface area is 237 Å². The third-order valence-electron chi connectivity index (χ3n) is 9.32. The lowest BCUT2D eigenvalue weighted by molar-refractivity contribution is -0.151. The second kappa shape index (κ2) is 10.5. The topological polar surface area (TPSA) is 142 Å². The average Bonchev–Trinajstić information content (AvgIpc) is 3.63. The molecular weight excluding hydrogens is 524 g/mol. The number of pyridine rings is 1. The first-order chi connectivity index (χ1) is 19.8. The number of likely N-dealkylation sites (tertiary alicyclic amines) is 1. The van der Waals surface area contributed by atoms with Crippen molar-refractivity contribution in [2.75, 3.05) is 13.1 Å². The molecule has 11 nitrogen and oxygen atoms in total. The second-order valence-electron chi connectivity index (χ2n) is 11.4. The number of imide groups is 1. The van der Waals surface area contributed by atoms with Gasteiger partial charge in [0, 0.05) is 37.0 Å². The first-order valence-corrected chi connectivity index (χ1v) is 14.2. The van der Waals surface area contributed by atoms with Gasteiger partial charge in [0.1, 0.15) is 11.6 Å². The summed E-state index contributed by atoms with van der Waals surface area (Å²) >= 11 is 0. The van der Waals surface area contributed by atoms with Crippen LogP contribution in [0.3, 0.4) is 0 Å². The molecule has 41 heavy (non-hydrogen) atoms. The number of nitrogens with one attached hydrogen (secondary N) is 1. The van der Waals surface area contributed by atoms with Crippen LogP contribution >= 0.6 is 0 Å². The number of fused-ring (bicyclic) bond motifs is 1. The summed E-state index contributed by atoms with van der Waals surface area (Å²) in [7, 11) is 0. The number of carbonyl (C=O) groups excluding carboxylic acids is 3. The number of piperidine rings is 2. The van der Waals surface area contributed by atoms with Crippen LogP contribution in [0, 0.1) is 5.41 Å². The number of hydrogen-bond donors (Lipinski definition) is 2. The van der Waals surface area contributed by atoms with Crippen LogP contribution in [0.5, 0.6) is 0 Å². The van der Waals surface area contributed by atoms with Crippen molar-refractivity contribution in [3.63, 3.8) is 0 Å². The lowest BCUT2D eigenvalue weighted by atomic mass is 9.62. The molecule has 0 spiro atoms. The van der Waals surface area contributed by atoms with E-state index in [1.807, 2.05) is 12.1 Å². The largest absolute Gasteiger partial charge is 0.383 e. The van der Waals surface area contributed by atoms with Crippen LogP contribution in [-0.2, 0) is 28.3 Å². The van der Waals surface area contributed by atoms with Crippen molar-refractivity contribution in [2.45, 2.75) is 70.7 Å². The maximum Gasteiger partial charge on any atom is 0.256 e. The van der Waals surface area contributed by atoms with Gasteiger partial charge in [-0.2, -0.15) is 4.98 Å². The van der Waals surface area contributed by atoms with Crippen molar-refractivity contribution < 1.29 is 24.0 Å². The molecule has 214 valence electrons. The number of aromatic nitrogens is 3. The van der Waals surface area contributed by atoms with Gasteiger partial charge < -0.3 is 14.5 Å². The van der Waals surface area contributed by atoms with E-state index in [4.69, 9.17) is 9.51 Å². The number of aliphatic hydroxyl groups is 1. The first-order valence-electron chi connectivity index (χ1n) is 14.2. The van der Waals surface area contributed by atoms with E-state index < -0.39 is 23.0 Å². The summed E-state index contributed by atoms with van der Waals surface area (Å²) in [4.78, 5) is 50.1. The summed E-state index contributed by atoms with van der Waals surface area (Å²) in [6.45, 7) is 6.53. The molecule has 1 aromatic carbocycles. The highest BCUT2D eigenvalue weighted by Gasteiger charge is 2.54. The van der Waals surface area contributed by atoms with E-state index in [-0.39, 0.29) is 24.8 Å². The van der Waals surface area contributed by atoms with Crippen LogP contribution in [-0.4, -0.2) is 66.9 Å². The minimum atomic E-state index is -1.17. The van der Waals surface area contributed by atoms with E-state index in [1.54, 1.807) is 12.1 Å². The van der Waals surface area contributed by atoms with Crippen molar-refractivity contribution in [1.29, 1.82) is 0 Å². The molecule has 3 aliphatic heterocycles. The minimum Gasteiger partial charge on any atom is -0.383 e. The van der Waals surface area contributed by atoms with E-state index in [2.05, 4.69) is 46.3 Å². The second-order valence-corrected chi connectivity index (χ2v) is 11.4. The first kappa shape index (κ1) is 27.2. The number of benzene rings is 1. The van der Waals surface area contributed by atoms with Gasteiger partial charge in [-0.15, -0.1) is 0 Å². The molecule has 3 aromatic rings. The van der Waals surface area contributed by atoms with E-state index in [9.17, 15) is 19.5 Å². The quantitative estimate of drug-likeness (QED) is 0.419. The van der Waals surface area contributed by atoms with E-state index >= 15 is 0 Å². The summed E-state index contributed by atoms with van der Waals surface area (Å²) in [5.41, 5.74) is 2.02. The fourth-order valence-electron chi connectivity index (χ4n) is 6.80. The maximum atomic E-state index is 13.2. The Kier molecular flexibility index (Phi) is 6.95. The number of rotatable bonds is 7. The summed E-state index contributed by atoms with van der Waals surface area (Å²) < 4.78 is 4.85. The Morgan fingerprint density at radius 1 is 1.10 bits per heavy atom. The SMILES string of the molecule is CCC1(CC)CN(Cc2ccc(-c3ncon3)cc2)CC[C@@]1(O)c1ccc2c(n1)CN(C1CCC(=O)NC1=O)C2=O. The zero-order valence-electron chi connectivity index (χ0n) is 23.3. The van der Waals surface area contributed by atoms with Gasteiger partial charge in [-0.25, -0.2) is 0 Å². The Morgan fingerprint density at radius 2 is 1.88 bits per heavy atom. The number of carbonyl (C=O) groups is 3. The van der Waals surface area contributed by atoms with Gasteiger partial charge in [0.15, 0.2) is 0 Å². The van der Waals surface area contributed by atoms with Crippen LogP contribution < -0.4 is 5.32 Å². The Morgan fingerprint density at radius 3 is 2.56 bits per heavy atom. The summed E-state index contributed by atoms with van der Waals surface area (Å²) in [6, 6.07) is 10.9. The molecule has 2 saturated heterocycles. The zero-order valence-corrected chi connectivity index (χ0v) is 23.3. The Hall–Kier alpha value is -3.96. The highest BCUT2D eigenvalue weighted by Crippen LogP contribution is 2.50. The fraction of sp³-hybridized carbons (Fsp3) is 0.467. The monoisotopic (exact) mass is 558 g/mol. The molecule has 3 amide bonds. The average molecular weight is 559 g/mol. The van der Waals surface area contributed by atoms with Gasteiger partial charge >= 0.3 is 0 Å². The normalized spacial score (nSPS) is 24.4. The summed E-state index contributed by atoms with van der Waals surface area (Å²) in [6.07, 6.45) is 3.83. The molecule has 0 radical (unpaired) electrons. The third-order valence-corrected chi connectivity index (χ3v) is 9.32. The lowest BCUT2D eigenvalue weighted by Crippen LogP contribution is -2.57. The van der Waals surface area contributed by atoms with Crippen molar-refractivity contribution in [3.05, 3.63) is 65.3 Å². The van der Waals surface area contributed by atoms with E-state index in [0.29, 0.717) is 48.7 Å². The molecule has 2 fully saturated rings. The third kappa shape index (κ3) is 4.62. The highest BCUT2D eigenvalue weighted by molar-refractivity contribution is 6.05. The van der Waals surface area contributed by atoms with Crippen molar-refractivity contribution >= 4 is 17.7 Å². The molecule has 2 atom stereocenters. The zero-order chi connectivity index (χ0) is 28.8. The predicted octanol–water partition coefficient (Wildman–Crippen LogP) is 2.79. The van der Waals surface area contributed by atoms with Crippen molar-refractivity contribution in [3.8, 4) is 11.4 Å². The molecule has 3 aliphatic rings. The molecule has 2 N–H and O–H groups in total. The minimum absolute atomic E-state index is 0.182. The van der Waals surface area contributed by atoms with Gasteiger partial charge in [-0.05, 0) is 43.4 Å². The number of amides is 3. The predicted molar refractivity (Wildman–Crippen MR) is 147 cm³/mol. The van der Waals surface area contributed by atoms with Crippen LogP contribution in [0.15, 0.2) is 47.3 Å². The van der Waals surface area contributed by atoms with Gasteiger partial charge in [0.2, 0.25) is 24.0 Å². The van der Waals surface area contributed by atoms with Gasteiger partial charge in [-0.3, -0.25) is 29.6 Å². The van der Waals surface area contributed by atoms with Gasteiger partial charge in [-0.1, -0.05) is 43.3 Å². The van der Waals surface area contributed by atoms with Crippen LogP contribution in [0.1, 0.15) is 73.3 Å². The molecule has 0 aliphatic carbocycles. The highest BCUT2D eigenvalue weighted by atomic mass is 16.5. The molecule has 0 saturated carbocycles. The molecule has 1 unspecified atom stereocenters. The fourth-order valence-corrected chi connectivity index (χ4v) is 6.80. The number of nitrogens with zero attached hydrogens (tertiary/aromatic N) is 5. The summed E-state index contributed by atoms with van der Waals surface area (Å²) in [5, 5.41) is 18.6. The van der Waals surface area contributed by atoms with E-state index in [0.717, 1.165) is 30.5 Å². The smallest absolute Gasteiger partial charge is 0.256 e. The number of hydrogen-bond acceptors (Lipinski definition) is 9. The maximum absolute atomic E-state index is 13.2. The summed E-state index contributed by atoms with van der Waals surface area (Å²) in [5.74, 6) is -0.480. The lowest BCUT2D eigenvalue weighted by Gasteiger charge is -2.53. The van der Waals surface area contributed by atoms with Crippen LogP contribution in [0.25, 0.3) is 11.4 Å². The molecule has 11 heteroatoms. The van der Waals surface area contributed by atoms with Crippen molar-refractivity contribution in [2.24, 2.45) is 5.41 Å². The van der Waals surface area contributed by atoms with Crippen molar-refractivity contribution in [1.82, 2.24) is 30.2 Å². The van der Waals surface area contributed by atoms with Crippen LogP contribution in [0.2, 0.25) is 0 Å². The molecule has 6 rings (SSSR count). The Balaban J connectivity index is 1.21. The van der Waals surface area contributed by atoms with Gasteiger partial charge in [0.25, 0.3) is 5.91 Å². The molecular formula is C30H34N6O5. The van der Waals surface area contributed by atoms with Crippen LogP contribution in [0.4, 0.5) is 0 Å². The molecule has 0 bridgehead atoms. The molecule has 2 aromatic heterocycles. The molecule has 5 heterocycles.